The van der Waals surface area contributed by atoms with Crippen LogP contribution in [0.15, 0.2) is 36.5 Å². The summed E-state index contributed by atoms with van der Waals surface area (Å²) in [5.41, 5.74) is 6.09. The standard InChI is InChI=1S/C14H8Cl2F3N3/c15-10-3-8(14(17,18)19)4-11(16)13(10)22-12-5-9(20)2-1-7(12)6-21-22/h1-6H,20H2. The fourth-order valence-electron chi connectivity index (χ4n) is 2.15. The zero-order chi connectivity index (χ0) is 16.1. The van der Waals surface area contributed by atoms with Gasteiger partial charge in [-0.1, -0.05) is 23.2 Å². The number of anilines is 1. The average molecular weight is 346 g/mol. The van der Waals surface area contributed by atoms with Crippen LogP contribution in [0, 0.1) is 0 Å². The molecule has 1 aromatic heterocycles. The summed E-state index contributed by atoms with van der Waals surface area (Å²) in [7, 11) is 0. The maximum Gasteiger partial charge on any atom is 0.416 e. The molecule has 3 aromatic rings. The number of nitrogens with two attached hydrogens (primary N) is 1. The van der Waals surface area contributed by atoms with E-state index < -0.39 is 11.7 Å². The van der Waals surface area contributed by atoms with Gasteiger partial charge in [0.25, 0.3) is 0 Å². The molecule has 0 saturated carbocycles. The fraction of sp³-hybridized carbons (Fsp3) is 0.0714. The Bertz CT molecular complexity index is 848. The molecule has 2 aromatic carbocycles. The molecule has 0 bridgehead atoms. The van der Waals surface area contributed by atoms with Gasteiger partial charge in [-0.05, 0) is 30.3 Å². The van der Waals surface area contributed by atoms with Crippen LogP contribution in [0.2, 0.25) is 10.0 Å². The van der Waals surface area contributed by atoms with Crippen molar-refractivity contribution in [3.63, 3.8) is 0 Å². The lowest BCUT2D eigenvalue weighted by Crippen LogP contribution is -2.07. The zero-order valence-corrected chi connectivity index (χ0v) is 12.3. The number of fused-ring (bicyclic) bond motifs is 1. The Morgan fingerprint density at radius 2 is 1.68 bits per heavy atom. The van der Waals surface area contributed by atoms with Crippen molar-refractivity contribution in [3.8, 4) is 5.69 Å². The Kier molecular flexibility index (Phi) is 3.45. The van der Waals surface area contributed by atoms with Crippen molar-refractivity contribution < 1.29 is 13.2 Å². The average Bonchev–Trinajstić information content (AvgIpc) is 2.80. The van der Waals surface area contributed by atoms with Crippen LogP contribution >= 0.6 is 23.2 Å². The summed E-state index contributed by atoms with van der Waals surface area (Å²) in [4.78, 5) is 0. The van der Waals surface area contributed by atoms with Gasteiger partial charge in [-0.2, -0.15) is 18.3 Å². The van der Waals surface area contributed by atoms with E-state index in [1.165, 1.54) is 4.68 Å². The first kappa shape index (κ1) is 15.0. The van der Waals surface area contributed by atoms with Gasteiger partial charge in [0.1, 0.15) is 5.69 Å². The minimum absolute atomic E-state index is 0.146. The largest absolute Gasteiger partial charge is 0.416 e. The Hall–Kier alpha value is -1.92. The molecule has 114 valence electrons. The smallest absolute Gasteiger partial charge is 0.399 e. The number of alkyl halides is 3. The van der Waals surface area contributed by atoms with Gasteiger partial charge in [-0.15, -0.1) is 0 Å². The van der Waals surface area contributed by atoms with Crippen molar-refractivity contribution in [2.75, 3.05) is 5.73 Å². The Labute approximate surface area is 133 Å². The molecular weight excluding hydrogens is 338 g/mol. The molecule has 1 heterocycles. The SMILES string of the molecule is Nc1ccc2cnn(-c3c(Cl)cc(C(F)(F)F)cc3Cl)c2c1. The Morgan fingerprint density at radius 3 is 2.27 bits per heavy atom. The lowest BCUT2D eigenvalue weighted by Gasteiger charge is -2.13. The molecule has 0 radical (unpaired) electrons. The number of hydrogen-bond acceptors (Lipinski definition) is 2. The first-order chi connectivity index (χ1) is 10.3. The van der Waals surface area contributed by atoms with Crippen molar-refractivity contribution in [2.45, 2.75) is 6.18 Å². The van der Waals surface area contributed by atoms with Gasteiger partial charge in [-0.3, -0.25) is 0 Å². The molecule has 0 fully saturated rings. The summed E-state index contributed by atoms with van der Waals surface area (Å²) in [5.74, 6) is 0. The van der Waals surface area contributed by atoms with Crippen LogP contribution in [0.3, 0.4) is 0 Å². The molecule has 0 atom stereocenters. The molecule has 8 heteroatoms. The molecule has 0 amide bonds. The highest BCUT2D eigenvalue weighted by atomic mass is 35.5. The van der Waals surface area contributed by atoms with Gasteiger partial charge in [-0.25, -0.2) is 4.68 Å². The monoisotopic (exact) mass is 345 g/mol. The number of nitrogen functional groups attached to an aromatic ring is 1. The molecule has 2 N–H and O–H groups in total. The summed E-state index contributed by atoms with van der Waals surface area (Å²) in [5, 5.41) is 4.60. The van der Waals surface area contributed by atoms with E-state index in [-0.39, 0.29) is 15.7 Å². The van der Waals surface area contributed by atoms with E-state index in [1.807, 2.05) is 0 Å². The normalized spacial score (nSPS) is 12.0. The fourth-order valence-corrected chi connectivity index (χ4v) is 2.79. The number of aromatic nitrogens is 2. The molecule has 0 aliphatic rings. The van der Waals surface area contributed by atoms with E-state index in [0.29, 0.717) is 11.2 Å². The number of benzene rings is 2. The highest BCUT2D eigenvalue weighted by molar-refractivity contribution is 6.38. The number of rotatable bonds is 1. The summed E-state index contributed by atoms with van der Waals surface area (Å²) in [6, 6.07) is 6.74. The molecule has 0 spiro atoms. The quantitative estimate of drug-likeness (QED) is 0.635. The van der Waals surface area contributed by atoms with Crippen molar-refractivity contribution in [1.29, 1.82) is 0 Å². The van der Waals surface area contributed by atoms with Gasteiger partial charge in [0, 0.05) is 11.1 Å². The predicted molar refractivity (Wildman–Crippen MR) is 80.5 cm³/mol. The van der Waals surface area contributed by atoms with E-state index in [2.05, 4.69) is 5.10 Å². The van der Waals surface area contributed by atoms with Gasteiger partial charge in [0.05, 0.1) is 27.3 Å². The number of halogens is 5. The number of nitrogens with zero attached hydrogens (tertiary/aromatic N) is 2. The van der Waals surface area contributed by atoms with E-state index in [9.17, 15) is 13.2 Å². The lowest BCUT2D eigenvalue weighted by molar-refractivity contribution is -0.137. The topological polar surface area (TPSA) is 43.8 Å². The molecule has 3 rings (SSSR count). The summed E-state index contributed by atoms with van der Waals surface area (Å²) >= 11 is 12.0. The third-order valence-electron chi connectivity index (χ3n) is 3.15. The zero-order valence-electron chi connectivity index (χ0n) is 10.8. The summed E-state index contributed by atoms with van der Waals surface area (Å²) in [6.07, 6.45) is -2.97. The molecule has 0 unspecified atom stereocenters. The van der Waals surface area contributed by atoms with Crippen LogP contribution in [0.4, 0.5) is 18.9 Å². The molecule has 3 nitrogen and oxygen atoms in total. The van der Waals surface area contributed by atoms with E-state index in [1.54, 1.807) is 24.4 Å². The molecule has 0 aliphatic heterocycles. The maximum atomic E-state index is 12.8. The van der Waals surface area contributed by atoms with Crippen molar-refractivity contribution in [3.05, 3.63) is 52.1 Å². The van der Waals surface area contributed by atoms with Crippen LogP contribution in [0.1, 0.15) is 5.56 Å². The Balaban J connectivity index is 2.25. The molecular formula is C14H8Cl2F3N3. The second kappa shape index (κ2) is 5.07. The lowest BCUT2D eigenvalue weighted by atomic mass is 10.2. The van der Waals surface area contributed by atoms with Crippen LogP contribution in [-0.4, -0.2) is 9.78 Å². The molecule has 0 saturated heterocycles. The van der Waals surface area contributed by atoms with Crippen molar-refractivity contribution in [2.24, 2.45) is 0 Å². The van der Waals surface area contributed by atoms with Crippen LogP contribution in [0.25, 0.3) is 16.6 Å². The first-order valence-corrected chi connectivity index (χ1v) is 6.83. The van der Waals surface area contributed by atoms with E-state index in [4.69, 9.17) is 28.9 Å². The van der Waals surface area contributed by atoms with E-state index >= 15 is 0 Å². The number of hydrogen-bond donors (Lipinski definition) is 1. The predicted octanol–water partition coefficient (Wildman–Crippen LogP) is 4.93. The van der Waals surface area contributed by atoms with Crippen LogP contribution in [0.5, 0.6) is 0 Å². The minimum Gasteiger partial charge on any atom is -0.399 e. The van der Waals surface area contributed by atoms with Crippen molar-refractivity contribution >= 4 is 39.8 Å². The second-order valence-corrected chi connectivity index (χ2v) is 5.48. The molecule has 22 heavy (non-hydrogen) atoms. The van der Waals surface area contributed by atoms with Gasteiger partial charge in [0.2, 0.25) is 0 Å². The van der Waals surface area contributed by atoms with Gasteiger partial charge >= 0.3 is 6.18 Å². The second-order valence-electron chi connectivity index (χ2n) is 4.66. The Morgan fingerprint density at radius 1 is 1.05 bits per heavy atom. The van der Waals surface area contributed by atoms with Crippen LogP contribution < -0.4 is 5.73 Å². The van der Waals surface area contributed by atoms with Crippen LogP contribution in [-0.2, 0) is 6.18 Å². The third-order valence-corrected chi connectivity index (χ3v) is 3.73. The maximum absolute atomic E-state index is 12.8. The van der Waals surface area contributed by atoms with E-state index in [0.717, 1.165) is 17.5 Å². The van der Waals surface area contributed by atoms with Gasteiger partial charge < -0.3 is 5.73 Å². The highest BCUT2D eigenvalue weighted by Crippen LogP contribution is 2.38. The third kappa shape index (κ3) is 2.48. The summed E-state index contributed by atoms with van der Waals surface area (Å²) in [6.45, 7) is 0. The first-order valence-electron chi connectivity index (χ1n) is 6.07. The van der Waals surface area contributed by atoms with Crippen molar-refractivity contribution in [1.82, 2.24) is 9.78 Å². The minimum atomic E-state index is -4.53. The van der Waals surface area contributed by atoms with Gasteiger partial charge in [0.15, 0.2) is 0 Å². The molecule has 0 aliphatic carbocycles. The highest BCUT2D eigenvalue weighted by Gasteiger charge is 2.32. The summed E-state index contributed by atoms with van der Waals surface area (Å²) < 4.78 is 39.7.